The molecule has 1 N–H and O–H groups in total. The van der Waals surface area contributed by atoms with E-state index >= 15 is 0 Å². The lowest BCUT2D eigenvalue weighted by atomic mass is 10.2. The van der Waals surface area contributed by atoms with Gasteiger partial charge < -0.3 is 5.11 Å². The first-order valence-electron chi connectivity index (χ1n) is 4.81. The fourth-order valence-corrected chi connectivity index (χ4v) is 1.44. The summed E-state index contributed by atoms with van der Waals surface area (Å²) in [6, 6.07) is 7.04. The van der Waals surface area contributed by atoms with Crippen LogP contribution in [0.3, 0.4) is 0 Å². The van der Waals surface area contributed by atoms with Crippen LogP contribution in [0.5, 0.6) is 0 Å². The van der Waals surface area contributed by atoms with E-state index < -0.39 is 5.97 Å². The van der Waals surface area contributed by atoms with Crippen LogP contribution in [0.4, 0.5) is 0 Å². The molecule has 0 radical (unpaired) electrons. The summed E-state index contributed by atoms with van der Waals surface area (Å²) in [5, 5.41) is 16.6. The quantitative estimate of drug-likeness (QED) is 0.898. The molecule has 0 spiro atoms. The van der Waals surface area contributed by atoms with E-state index in [4.69, 9.17) is 16.7 Å². The fourth-order valence-electron chi connectivity index (χ4n) is 1.31. The van der Waals surface area contributed by atoms with Crippen LogP contribution < -0.4 is 0 Å². The van der Waals surface area contributed by atoms with Gasteiger partial charge >= 0.3 is 5.97 Å². The molecule has 2 aromatic rings. The largest absolute Gasteiger partial charge is 0.481 e. The Morgan fingerprint density at radius 3 is 2.65 bits per heavy atom. The number of carboxylic acid groups (broad SMARTS) is 1. The van der Waals surface area contributed by atoms with Crippen molar-refractivity contribution in [3.8, 4) is 11.3 Å². The van der Waals surface area contributed by atoms with Gasteiger partial charge in [-0.1, -0.05) is 23.7 Å². The van der Waals surface area contributed by atoms with Crippen LogP contribution in [0.1, 0.15) is 5.82 Å². The summed E-state index contributed by atoms with van der Waals surface area (Å²) in [6.07, 6.45) is 1.24. The van der Waals surface area contributed by atoms with E-state index in [-0.39, 0.29) is 12.2 Å². The van der Waals surface area contributed by atoms with Crippen LogP contribution >= 0.6 is 11.6 Å². The lowest BCUT2D eigenvalue weighted by Gasteiger charge is -2.01. The summed E-state index contributed by atoms with van der Waals surface area (Å²) in [7, 11) is 0. The highest BCUT2D eigenvalue weighted by Gasteiger charge is 2.06. The topological polar surface area (TPSA) is 76.0 Å². The molecule has 0 saturated carbocycles. The van der Waals surface area contributed by atoms with Crippen molar-refractivity contribution in [2.75, 3.05) is 0 Å². The number of hydrogen-bond donors (Lipinski definition) is 1. The van der Waals surface area contributed by atoms with Crippen molar-refractivity contribution in [1.82, 2.24) is 15.2 Å². The Bertz CT molecular complexity index is 543. The van der Waals surface area contributed by atoms with E-state index in [1.807, 2.05) is 0 Å². The Labute approximate surface area is 102 Å². The number of carboxylic acids is 1. The maximum Gasteiger partial charge on any atom is 0.311 e. The predicted octanol–water partition coefficient (Wildman–Crippen LogP) is 1.82. The van der Waals surface area contributed by atoms with Crippen LogP contribution in [0.2, 0.25) is 5.02 Å². The van der Waals surface area contributed by atoms with E-state index in [1.165, 1.54) is 6.20 Å². The molecule has 2 rings (SSSR count). The molecule has 0 atom stereocenters. The van der Waals surface area contributed by atoms with Crippen LogP contribution in [-0.4, -0.2) is 26.3 Å². The first kappa shape index (κ1) is 11.5. The number of aromatic nitrogens is 3. The summed E-state index contributed by atoms with van der Waals surface area (Å²) in [4.78, 5) is 14.7. The van der Waals surface area contributed by atoms with Gasteiger partial charge in [-0.05, 0) is 12.1 Å². The molecule has 1 aromatic heterocycles. The Morgan fingerprint density at radius 1 is 1.29 bits per heavy atom. The minimum atomic E-state index is -0.986. The zero-order valence-electron chi connectivity index (χ0n) is 8.67. The highest BCUT2D eigenvalue weighted by molar-refractivity contribution is 6.30. The number of benzene rings is 1. The first-order valence-corrected chi connectivity index (χ1v) is 5.19. The molecule has 0 fully saturated rings. The average Bonchev–Trinajstić information content (AvgIpc) is 2.29. The van der Waals surface area contributed by atoms with Gasteiger partial charge in [0.2, 0.25) is 0 Å². The average molecular weight is 250 g/mol. The van der Waals surface area contributed by atoms with Gasteiger partial charge in [-0.15, -0.1) is 5.10 Å². The zero-order chi connectivity index (χ0) is 12.3. The summed E-state index contributed by atoms with van der Waals surface area (Å²) >= 11 is 5.77. The van der Waals surface area contributed by atoms with Crippen molar-refractivity contribution < 1.29 is 9.90 Å². The Morgan fingerprint density at radius 2 is 2.00 bits per heavy atom. The van der Waals surface area contributed by atoms with E-state index in [9.17, 15) is 4.79 Å². The Kier molecular flexibility index (Phi) is 3.30. The summed E-state index contributed by atoms with van der Waals surface area (Å²) in [5.74, 6) is -0.801. The van der Waals surface area contributed by atoms with Gasteiger partial charge in [0.05, 0.1) is 11.9 Å². The fraction of sp³-hybridized carbons (Fsp3) is 0.0909. The van der Waals surface area contributed by atoms with Gasteiger partial charge in [0.1, 0.15) is 6.42 Å². The molecule has 1 aromatic carbocycles. The van der Waals surface area contributed by atoms with Gasteiger partial charge in [-0.25, -0.2) is 4.98 Å². The molecule has 0 aliphatic heterocycles. The number of nitrogens with zero attached hydrogens (tertiary/aromatic N) is 3. The minimum Gasteiger partial charge on any atom is -0.481 e. The third-order valence-electron chi connectivity index (χ3n) is 2.05. The van der Waals surface area contributed by atoms with Gasteiger partial charge in [-0.3, -0.25) is 4.79 Å². The van der Waals surface area contributed by atoms with Gasteiger partial charge in [0.25, 0.3) is 0 Å². The van der Waals surface area contributed by atoms with Crippen LogP contribution in [-0.2, 0) is 11.2 Å². The van der Waals surface area contributed by atoms with Crippen molar-refractivity contribution in [2.45, 2.75) is 6.42 Å². The molecule has 86 valence electrons. The molecule has 0 aliphatic rings. The van der Waals surface area contributed by atoms with E-state index in [1.54, 1.807) is 24.3 Å². The smallest absolute Gasteiger partial charge is 0.311 e. The molecular weight excluding hydrogens is 242 g/mol. The highest BCUT2D eigenvalue weighted by atomic mass is 35.5. The van der Waals surface area contributed by atoms with Crippen molar-refractivity contribution in [2.24, 2.45) is 0 Å². The summed E-state index contributed by atoms with van der Waals surface area (Å²) in [6.45, 7) is 0. The van der Waals surface area contributed by atoms with E-state index in [0.717, 1.165) is 5.56 Å². The number of hydrogen-bond acceptors (Lipinski definition) is 4. The lowest BCUT2D eigenvalue weighted by Crippen LogP contribution is -2.06. The molecule has 0 saturated heterocycles. The number of rotatable bonds is 3. The van der Waals surface area contributed by atoms with Crippen molar-refractivity contribution >= 4 is 17.6 Å². The van der Waals surface area contributed by atoms with Gasteiger partial charge in [0.15, 0.2) is 5.82 Å². The molecular formula is C11H8ClN3O2. The maximum atomic E-state index is 10.5. The summed E-state index contributed by atoms with van der Waals surface area (Å²) in [5.41, 5.74) is 1.39. The van der Waals surface area contributed by atoms with Gasteiger partial charge in [-0.2, -0.15) is 5.10 Å². The SMILES string of the molecule is O=C(O)Cc1nncc(-c2ccc(Cl)cc2)n1. The predicted molar refractivity (Wildman–Crippen MR) is 61.6 cm³/mol. The van der Waals surface area contributed by atoms with Crippen molar-refractivity contribution in [3.63, 3.8) is 0 Å². The number of halogens is 1. The summed E-state index contributed by atoms with van der Waals surface area (Å²) < 4.78 is 0. The lowest BCUT2D eigenvalue weighted by molar-refractivity contribution is -0.136. The van der Waals surface area contributed by atoms with Crippen LogP contribution in [0.25, 0.3) is 11.3 Å². The van der Waals surface area contributed by atoms with Gasteiger partial charge in [0, 0.05) is 10.6 Å². The maximum absolute atomic E-state index is 10.5. The molecule has 1 heterocycles. The van der Waals surface area contributed by atoms with E-state index in [0.29, 0.717) is 10.7 Å². The molecule has 5 nitrogen and oxygen atoms in total. The Balaban J connectivity index is 2.32. The molecule has 17 heavy (non-hydrogen) atoms. The second-order valence-electron chi connectivity index (χ2n) is 3.34. The molecule has 0 bridgehead atoms. The molecule has 0 unspecified atom stereocenters. The third-order valence-corrected chi connectivity index (χ3v) is 2.30. The van der Waals surface area contributed by atoms with Crippen molar-refractivity contribution in [1.29, 1.82) is 0 Å². The third kappa shape index (κ3) is 2.98. The normalized spacial score (nSPS) is 10.2. The van der Waals surface area contributed by atoms with Crippen LogP contribution in [0, 0.1) is 0 Å². The second-order valence-corrected chi connectivity index (χ2v) is 3.77. The standard InChI is InChI=1S/C11H8ClN3O2/c12-8-3-1-7(2-4-8)9-6-13-15-10(14-9)5-11(16)17/h1-4,6H,5H2,(H,16,17). The monoisotopic (exact) mass is 249 g/mol. The number of carbonyl (C=O) groups is 1. The molecule has 6 heteroatoms. The first-order chi connectivity index (χ1) is 8.15. The number of aliphatic carboxylic acids is 1. The minimum absolute atomic E-state index is 0.185. The highest BCUT2D eigenvalue weighted by Crippen LogP contribution is 2.18. The molecule has 0 aliphatic carbocycles. The van der Waals surface area contributed by atoms with E-state index in [2.05, 4.69) is 15.2 Å². The molecule has 0 amide bonds. The Hall–Kier alpha value is -2.01. The van der Waals surface area contributed by atoms with Crippen molar-refractivity contribution in [3.05, 3.63) is 41.3 Å². The van der Waals surface area contributed by atoms with Crippen LogP contribution in [0.15, 0.2) is 30.5 Å². The second kappa shape index (κ2) is 4.88. The zero-order valence-corrected chi connectivity index (χ0v) is 9.42.